The molecule has 1 unspecified atom stereocenters. The standard InChI is InChI=1S/C13H25BrOSi.CBr4/c1-13(2,3)16(4,5)15-10-12-8-6-7-11(12)9-14;2-1(3,4)5/h7,12H,6,8-10H2,1-5H3;. The summed E-state index contributed by atoms with van der Waals surface area (Å²) in [5.41, 5.74) is 1.54. The van der Waals surface area contributed by atoms with E-state index >= 15 is 0 Å². The van der Waals surface area contributed by atoms with Gasteiger partial charge in [0.05, 0.1) is 0 Å². The third-order valence-electron chi connectivity index (χ3n) is 4.05. The summed E-state index contributed by atoms with van der Waals surface area (Å²) in [6, 6.07) is 0. The Hall–Kier alpha value is 2.32. The van der Waals surface area contributed by atoms with Crippen molar-refractivity contribution >= 4 is 88.0 Å². The average molecular weight is 637 g/mol. The van der Waals surface area contributed by atoms with Gasteiger partial charge in [-0.2, -0.15) is 0 Å². The molecule has 0 heterocycles. The topological polar surface area (TPSA) is 9.23 Å². The summed E-state index contributed by atoms with van der Waals surface area (Å²) < 4.78 is 6.04. The van der Waals surface area contributed by atoms with Gasteiger partial charge in [0.25, 0.3) is 0 Å². The molecule has 0 saturated carbocycles. The Morgan fingerprint density at radius 3 is 2.05 bits per heavy atom. The van der Waals surface area contributed by atoms with Crippen LogP contribution in [0.3, 0.4) is 0 Å². The Morgan fingerprint density at radius 1 is 1.19 bits per heavy atom. The van der Waals surface area contributed by atoms with E-state index in [1.165, 1.54) is 12.8 Å². The van der Waals surface area contributed by atoms with E-state index < -0.39 is 8.32 Å². The quantitative estimate of drug-likeness (QED) is 0.173. The summed E-state index contributed by atoms with van der Waals surface area (Å²) in [4.78, 5) is 0. The van der Waals surface area contributed by atoms with E-state index in [9.17, 15) is 0 Å². The Balaban J connectivity index is 0.000000690. The number of alkyl halides is 5. The number of halogens is 5. The number of hydrogen-bond acceptors (Lipinski definition) is 1. The van der Waals surface area contributed by atoms with Crippen LogP contribution in [-0.2, 0) is 4.43 Å². The normalized spacial score (nSPS) is 19.9. The van der Waals surface area contributed by atoms with Gasteiger partial charge in [-0.1, -0.05) is 48.4 Å². The molecule has 0 aromatic heterocycles. The molecule has 0 saturated heterocycles. The van der Waals surface area contributed by atoms with Crippen LogP contribution in [0.25, 0.3) is 0 Å². The molecule has 0 fully saturated rings. The van der Waals surface area contributed by atoms with Gasteiger partial charge in [0.15, 0.2) is 9.37 Å². The van der Waals surface area contributed by atoms with Crippen molar-refractivity contribution in [3.63, 3.8) is 0 Å². The molecule has 0 N–H and O–H groups in total. The highest BCUT2D eigenvalue weighted by atomic mass is 80.0. The largest absolute Gasteiger partial charge is 0.416 e. The molecule has 1 rings (SSSR count). The molecule has 0 radical (unpaired) electrons. The van der Waals surface area contributed by atoms with E-state index in [1.54, 1.807) is 5.57 Å². The zero-order valence-electron chi connectivity index (χ0n) is 13.3. The number of allylic oxidation sites excluding steroid dienone is 1. The van der Waals surface area contributed by atoms with Crippen LogP contribution in [0.4, 0.5) is 0 Å². The van der Waals surface area contributed by atoms with Gasteiger partial charge in [-0.15, -0.1) is 0 Å². The van der Waals surface area contributed by atoms with Crippen molar-refractivity contribution in [2.24, 2.45) is 5.92 Å². The Kier molecular flexibility index (Phi) is 10.8. The van der Waals surface area contributed by atoms with Crippen LogP contribution >= 0.6 is 79.6 Å². The van der Waals surface area contributed by atoms with Gasteiger partial charge >= 0.3 is 0 Å². The first-order valence-corrected chi connectivity index (χ1v) is 14.1. The third kappa shape index (κ3) is 10.7. The Bertz CT molecular complexity index is 338. The van der Waals surface area contributed by atoms with E-state index in [2.05, 4.69) is 120 Å². The summed E-state index contributed by atoms with van der Waals surface area (Å²) in [5, 5.41) is 1.34. The van der Waals surface area contributed by atoms with Crippen molar-refractivity contribution in [3.8, 4) is 0 Å². The molecule has 0 aromatic carbocycles. The predicted octanol–water partition coefficient (Wildman–Crippen LogP) is 7.92. The lowest BCUT2D eigenvalue weighted by molar-refractivity contribution is 0.245. The lowest BCUT2D eigenvalue weighted by Gasteiger charge is -2.37. The highest BCUT2D eigenvalue weighted by Crippen LogP contribution is 2.39. The molecule has 126 valence electrons. The smallest absolute Gasteiger partial charge is 0.192 e. The highest BCUT2D eigenvalue weighted by molar-refractivity contribution is 9.52. The van der Waals surface area contributed by atoms with Gasteiger partial charge in [-0.25, -0.2) is 0 Å². The summed E-state index contributed by atoms with van der Waals surface area (Å²) >= 11 is 16.1. The van der Waals surface area contributed by atoms with E-state index in [0.29, 0.717) is 11.0 Å². The van der Waals surface area contributed by atoms with E-state index in [4.69, 9.17) is 4.43 Å². The Labute approximate surface area is 173 Å². The second-order valence-electron chi connectivity index (χ2n) is 6.69. The van der Waals surface area contributed by atoms with Crippen LogP contribution in [-0.4, -0.2) is 21.3 Å². The zero-order chi connectivity index (χ0) is 16.9. The molecule has 1 aliphatic rings. The fourth-order valence-corrected chi connectivity index (χ4v) is 3.44. The minimum atomic E-state index is -1.56. The summed E-state index contributed by atoms with van der Waals surface area (Å²) in [6.07, 6.45) is 4.87. The van der Waals surface area contributed by atoms with Crippen molar-refractivity contribution in [2.75, 3.05) is 11.9 Å². The molecule has 1 aliphatic carbocycles. The summed E-state index contributed by atoms with van der Waals surface area (Å²) in [5.74, 6) is 0.661. The summed E-state index contributed by atoms with van der Waals surface area (Å²) in [6.45, 7) is 12.5. The SMILES string of the molecule is BrC(Br)(Br)Br.CC(C)(C)[Si](C)(C)OCC1CCC=C1CBr. The third-order valence-corrected chi connectivity index (χ3v) is 9.20. The van der Waals surface area contributed by atoms with Crippen molar-refractivity contribution in [1.29, 1.82) is 0 Å². The average Bonchev–Trinajstić information content (AvgIpc) is 2.69. The monoisotopic (exact) mass is 632 g/mol. The van der Waals surface area contributed by atoms with Gasteiger partial charge in [-0.3, -0.25) is 0 Å². The first kappa shape index (κ1) is 23.3. The zero-order valence-corrected chi connectivity index (χ0v) is 22.2. The molecule has 0 aliphatic heterocycles. The van der Waals surface area contributed by atoms with E-state index in [1.807, 2.05) is 0 Å². The maximum absolute atomic E-state index is 6.29. The minimum absolute atomic E-state index is 0.250. The van der Waals surface area contributed by atoms with Crippen LogP contribution in [0.5, 0.6) is 0 Å². The molecule has 0 bridgehead atoms. The highest BCUT2D eigenvalue weighted by Gasteiger charge is 2.37. The molecule has 0 spiro atoms. The summed E-state index contributed by atoms with van der Waals surface area (Å²) in [7, 11) is -1.56. The van der Waals surface area contributed by atoms with Gasteiger partial charge in [-0.05, 0) is 94.7 Å². The lowest BCUT2D eigenvalue weighted by Crippen LogP contribution is -2.42. The van der Waals surface area contributed by atoms with Crippen molar-refractivity contribution in [1.82, 2.24) is 0 Å². The molecule has 7 heteroatoms. The molecular formula is C14H25Br5OSi. The fraction of sp³-hybridized carbons (Fsp3) is 0.857. The van der Waals surface area contributed by atoms with Gasteiger partial charge in [0.2, 0.25) is 0 Å². The molecular weight excluding hydrogens is 612 g/mol. The maximum atomic E-state index is 6.29. The molecule has 0 amide bonds. The van der Waals surface area contributed by atoms with Crippen molar-refractivity contribution < 1.29 is 4.43 Å². The van der Waals surface area contributed by atoms with Crippen LogP contribution < -0.4 is 0 Å². The number of hydrogen-bond donors (Lipinski definition) is 0. The molecule has 1 nitrogen and oxygen atoms in total. The second kappa shape index (κ2) is 9.71. The van der Waals surface area contributed by atoms with E-state index in [0.717, 1.165) is 11.9 Å². The first-order chi connectivity index (χ1) is 9.28. The first-order valence-electron chi connectivity index (χ1n) is 6.92. The lowest BCUT2D eigenvalue weighted by atomic mass is 10.1. The van der Waals surface area contributed by atoms with Crippen LogP contribution in [0.1, 0.15) is 33.6 Å². The predicted molar refractivity (Wildman–Crippen MR) is 116 cm³/mol. The molecule has 0 aromatic rings. The van der Waals surface area contributed by atoms with Crippen LogP contribution in [0.15, 0.2) is 11.6 Å². The fourth-order valence-electron chi connectivity index (χ4n) is 1.70. The molecule has 21 heavy (non-hydrogen) atoms. The van der Waals surface area contributed by atoms with Gasteiger partial charge in [0, 0.05) is 17.9 Å². The second-order valence-corrected chi connectivity index (χ2v) is 23.2. The van der Waals surface area contributed by atoms with Crippen LogP contribution in [0, 0.1) is 5.92 Å². The van der Waals surface area contributed by atoms with E-state index in [-0.39, 0.29) is 1.05 Å². The maximum Gasteiger partial charge on any atom is 0.192 e. The van der Waals surface area contributed by atoms with Gasteiger partial charge < -0.3 is 4.43 Å². The van der Waals surface area contributed by atoms with Crippen LogP contribution in [0.2, 0.25) is 18.1 Å². The number of rotatable bonds is 4. The van der Waals surface area contributed by atoms with Crippen molar-refractivity contribution in [3.05, 3.63) is 11.6 Å². The molecule has 1 atom stereocenters. The minimum Gasteiger partial charge on any atom is -0.416 e. The van der Waals surface area contributed by atoms with Gasteiger partial charge in [0.1, 0.15) is 0 Å². The van der Waals surface area contributed by atoms with Crippen molar-refractivity contribution in [2.45, 2.75) is 52.8 Å². The Morgan fingerprint density at radius 2 is 1.67 bits per heavy atom.